The van der Waals surface area contributed by atoms with Gasteiger partial charge in [0.1, 0.15) is 5.75 Å². The molecule has 0 atom stereocenters. The largest absolute Gasteiger partial charge is 0.507 e. The molecule has 2 amide bonds. The van der Waals surface area contributed by atoms with E-state index in [1.54, 1.807) is 0 Å². The standard InChI is InChI=1S/C18H17ClN2O7/c1-26-15-7-10(3-6-14(15)28-9-16(23)27-2)17(24)20-21-18(25)12-8-11(19)4-5-13(12)22/h3-8,22H,9H2,1-2H3,(H,20,24)(H,21,25). The molecule has 0 bridgehead atoms. The maximum Gasteiger partial charge on any atom is 0.343 e. The van der Waals surface area contributed by atoms with Gasteiger partial charge < -0.3 is 19.3 Å². The molecule has 2 aromatic rings. The number of hydrogen-bond acceptors (Lipinski definition) is 7. The van der Waals surface area contributed by atoms with Crippen LogP contribution in [-0.2, 0) is 9.53 Å². The minimum absolute atomic E-state index is 0.100. The summed E-state index contributed by atoms with van der Waals surface area (Å²) in [6, 6.07) is 8.15. The van der Waals surface area contributed by atoms with Crippen molar-refractivity contribution in [1.82, 2.24) is 10.9 Å². The Bertz CT molecular complexity index is 901. The van der Waals surface area contributed by atoms with Crippen LogP contribution in [0.1, 0.15) is 20.7 Å². The first-order valence-corrected chi connectivity index (χ1v) is 8.20. The number of benzene rings is 2. The number of methoxy groups -OCH3 is 2. The van der Waals surface area contributed by atoms with E-state index in [0.29, 0.717) is 0 Å². The fourth-order valence-corrected chi connectivity index (χ4v) is 2.24. The van der Waals surface area contributed by atoms with Gasteiger partial charge in [-0.15, -0.1) is 0 Å². The molecule has 0 heterocycles. The number of nitrogens with one attached hydrogen (secondary N) is 2. The predicted octanol–water partition coefficient (Wildman–Crippen LogP) is 1.68. The van der Waals surface area contributed by atoms with Crippen LogP contribution in [0, 0.1) is 0 Å². The van der Waals surface area contributed by atoms with Crippen molar-refractivity contribution in [3.63, 3.8) is 0 Å². The van der Waals surface area contributed by atoms with Gasteiger partial charge in [0.15, 0.2) is 18.1 Å². The number of carbonyl (C=O) groups excluding carboxylic acids is 3. The van der Waals surface area contributed by atoms with Crippen molar-refractivity contribution in [2.45, 2.75) is 0 Å². The molecular weight excluding hydrogens is 392 g/mol. The number of hydrogen-bond donors (Lipinski definition) is 3. The maximum atomic E-state index is 12.2. The number of amides is 2. The van der Waals surface area contributed by atoms with Crippen LogP contribution in [0.4, 0.5) is 0 Å². The second kappa shape index (κ2) is 9.47. The highest BCUT2D eigenvalue weighted by Crippen LogP contribution is 2.28. The van der Waals surface area contributed by atoms with E-state index in [1.165, 1.54) is 50.6 Å². The zero-order valence-electron chi connectivity index (χ0n) is 14.9. The molecule has 0 aromatic heterocycles. The SMILES string of the molecule is COC(=O)COc1ccc(C(=O)NNC(=O)c2cc(Cl)ccc2O)cc1OC. The molecule has 0 saturated carbocycles. The number of aromatic hydroxyl groups is 1. The van der Waals surface area contributed by atoms with E-state index in [-0.39, 0.29) is 40.0 Å². The lowest BCUT2D eigenvalue weighted by Crippen LogP contribution is -2.41. The fraction of sp³-hybridized carbons (Fsp3) is 0.167. The van der Waals surface area contributed by atoms with Crippen LogP contribution in [0.15, 0.2) is 36.4 Å². The molecule has 0 spiro atoms. The highest BCUT2D eigenvalue weighted by Gasteiger charge is 2.15. The number of carbonyl (C=O) groups is 3. The molecular formula is C18H17ClN2O7. The quantitative estimate of drug-likeness (QED) is 0.490. The van der Waals surface area contributed by atoms with E-state index in [2.05, 4.69) is 15.6 Å². The number of rotatable bonds is 6. The first-order valence-electron chi connectivity index (χ1n) is 7.82. The Kier molecular flexibility index (Phi) is 7.05. The summed E-state index contributed by atoms with van der Waals surface area (Å²) in [4.78, 5) is 35.5. The third-order valence-electron chi connectivity index (χ3n) is 3.49. The van der Waals surface area contributed by atoms with Crippen molar-refractivity contribution in [3.8, 4) is 17.2 Å². The number of halogens is 1. The maximum absolute atomic E-state index is 12.2. The van der Waals surface area contributed by atoms with E-state index in [0.717, 1.165) is 0 Å². The molecule has 10 heteroatoms. The molecule has 0 aliphatic carbocycles. The summed E-state index contributed by atoms with van der Waals surface area (Å²) in [5.41, 5.74) is 4.44. The zero-order chi connectivity index (χ0) is 20.7. The first-order chi connectivity index (χ1) is 13.3. The van der Waals surface area contributed by atoms with Gasteiger partial charge in [0.05, 0.1) is 19.8 Å². The minimum atomic E-state index is -0.752. The molecule has 9 nitrogen and oxygen atoms in total. The lowest BCUT2D eigenvalue weighted by atomic mass is 10.2. The molecule has 0 fully saturated rings. The van der Waals surface area contributed by atoms with Crippen LogP contribution in [0.5, 0.6) is 17.2 Å². The summed E-state index contributed by atoms with van der Waals surface area (Å²) in [6.45, 7) is -0.322. The van der Waals surface area contributed by atoms with Gasteiger partial charge in [-0.1, -0.05) is 11.6 Å². The molecule has 0 saturated heterocycles. The summed E-state index contributed by atoms with van der Waals surface area (Å²) in [6.07, 6.45) is 0. The summed E-state index contributed by atoms with van der Waals surface area (Å²) in [5, 5.41) is 9.95. The summed E-state index contributed by atoms with van der Waals surface area (Å²) in [5.74, 6) is -1.82. The molecule has 0 unspecified atom stereocenters. The molecule has 28 heavy (non-hydrogen) atoms. The second-order valence-electron chi connectivity index (χ2n) is 5.30. The topological polar surface area (TPSA) is 123 Å². The molecule has 2 aromatic carbocycles. The lowest BCUT2D eigenvalue weighted by Gasteiger charge is -2.12. The van der Waals surface area contributed by atoms with Gasteiger partial charge in [-0.2, -0.15) is 0 Å². The van der Waals surface area contributed by atoms with Crippen molar-refractivity contribution in [2.24, 2.45) is 0 Å². The highest BCUT2D eigenvalue weighted by atomic mass is 35.5. The van der Waals surface area contributed by atoms with Crippen molar-refractivity contribution in [2.75, 3.05) is 20.8 Å². The summed E-state index contributed by atoms with van der Waals surface area (Å²) >= 11 is 5.79. The summed E-state index contributed by atoms with van der Waals surface area (Å²) < 4.78 is 14.9. The Morgan fingerprint density at radius 3 is 2.39 bits per heavy atom. The third kappa shape index (κ3) is 5.27. The van der Waals surface area contributed by atoms with Crippen LogP contribution in [-0.4, -0.2) is 43.7 Å². The van der Waals surface area contributed by atoms with Crippen molar-refractivity contribution in [1.29, 1.82) is 0 Å². The minimum Gasteiger partial charge on any atom is -0.507 e. The number of phenolic OH excluding ortho intramolecular Hbond substituents is 1. The van der Waals surface area contributed by atoms with Gasteiger partial charge in [0.2, 0.25) is 0 Å². The van der Waals surface area contributed by atoms with Gasteiger partial charge in [0.25, 0.3) is 11.8 Å². The number of hydrazine groups is 1. The Morgan fingerprint density at radius 2 is 1.71 bits per heavy atom. The lowest BCUT2D eigenvalue weighted by molar-refractivity contribution is -0.142. The van der Waals surface area contributed by atoms with E-state index in [9.17, 15) is 19.5 Å². The Balaban J connectivity index is 2.04. The van der Waals surface area contributed by atoms with Crippen LogP contribution in [0.25, 0.3) is 0 Å². The first kappa shape index (κ1) is 20.8. The Hall–Kier alpha value is -3.46. The van der Waals surface area contributed by atoms with Crippen molar-refractivity contribution in [3.05, 3.63) is 52.5 Å². The van der Waals surface area contributed by atoms with Crippen LogP contribution < -0.4 is 20.3 Å². The van der Waals surface area contributed by atoms with E-state index >= 15 is 0 Å². The fourth-order valence-electron chi connectivity index (χ4n) is 2.07. The third-order valence-corrected chi connectivity index (χ3v) is 3.73. The van der Waals surface area contributed by atoms with Gasteiger partial charge in [-0.3, -0.25) is 20.4 Å². The van der Waals surface area contributed by atoms with Crippen LogP contribution in [0.3, 0.4) is 0 Å². The Labute approximate surface area is 165 Å². The molecule has 0 aliphatic heterocycles. The molecule has 2 rings (SSSR count). The monoisotopic (exact) mass is 408 g/mol. The van der Waals surface area contributed by atoms with Gasteiger partial charge in [-0.05, 0) is 36.4 Å². The highest BCUT2D eigenvalue weighted by molar-refractivity contribution is 6.31. The normalized spacial score (nSPS) is 9.96. The average Bonchev–Trinajstić information content (AvgIpc) is 2.71. The molecule has 0 aliphatic rings. The van der Waals surface area contributed by atoms with Gasteiger partial charge in [0, 0.05) is 10.6 Å². The van der Waals surface area contributed by atoms with Crippen molar-refractivity contribution >= 4 is 29.4 Å². The van der Waals surface area contributed by atoms with Crippen LogP contribution >= 0.6 is 11.6 Å². The number of esters is 1. The zero-order valence-corrected chi connectivity index (χ0v) is 15.7. The molecule has 0 radical (unpaired) electrons. The van der Waals surface area contributed by atoms with Crippen molar-refractivity contribution < 1.29 is 33.7 Å². The van der Waals surface area contributed by atoms with E-state index in [4.69, 9.17) is 21.1 Å². The number of phenols is 1. The summed E-state index contributed by atoms with van der Waals surface area (Å²) in [7, 11) is 2.60. The second-order valence-corrected chi connectivity index (χ2v) is 5.74. The Morgan fingerprint density at radius 1 is 1.00 bits per heavy atom. The van der Waals surface area contributed by atoms with E-state index in [1.807, 2.05) is 0 Å². The van der Waals surface area contributed by atoms with Gasteiger partial charge in [-0.25, -0.2) is 4.79 Å². The predicted molar refractivity (Wildman–Crippen MR) is 98.6 cm³/mol. The average molecular weight is 409 g/mol. The molecule has 3 N–H and O–H groups in total. The van der Waals surface area contributed by atoms with Crippen LogP contribution in [0.2, 0.25) is 5.02 Å². The smallest absolute Gasteiger partial charge is 0.343 e. The van der Waals surface area contributed by atoms with E-state index < -0.39 is 17.8 Å². The molecule has 148 valence electrons. The number of ether oxygens (including phenoxy) is 3. The van der Waals surface area contributed by atoms with Gasteiger partial charge >= 0.3 is 5.97 Å².